The minimum Gasteiger partial charge on any atom is -0.368 e. The van der Waals surface area contributed by atoms with E-state index in [0.29, 0.717) is 25.2 Å². The van der Waals surface area contributed by atoms with Gasteiger partial charge < -0.3 is 16.0 Å². The van der Waals surface area contributed by atoms with Crippen LogP contribution in [0, 0.1) is 5.82 Å². The second-order valence-corrected chi connectivity index (χ2v) is 5.57. The van der Waals surface area contributed by atoms with Crippen LogP contribution in [0.1, 0.15) is 38.2 Å². The number of amides is 1. The number of piperidine rings is 1. The average molecular weight is 293 g/mol. The van der Waals surface area contributed by atoms with E-state index in [2.05, 4.69) is 12.2 Å². The summed E-state index contributed by atoms with van der Waals surface area (Å²) in [5, 5.41) is 3.25. The number of carbonyl (C=O) groups is 1. The van der Waals surface area contributed by atoms with Crippen molar-refractivity contribution in [2.45, 2.75) is 45.2 Å². The van der Waals surface area contributed by atoms with Gasteiger partial charge >= 0.3 is 0 Å². The molecule has 1 atom stereocenters. The summed E-state index contributed by atoms with van der Waals surface area (Å²) in [7, 11) is 0. The molecule has 0 bridgehead atoms. The van der Waals surface area contributed by atoms with Gasteiger partial charge in [0.05, 0.1) is 5.69 Å². The first-order valence-corrected chi connectivity index (χ1v) is 7.68. The van der Waals surface area contributed by atoms with Crippen LogP contribution in [0.5, 0.6) is 0 Å². The van der Waals surface area contributed by atoms with Crippen LogP contribution in [0.2, 0.25) is 0 Å². The minimum atomic E-state index is -0.391. The molecule has 0 radical (unpaired) electrons. The molecule has 4 nitrogen and oxygen atoms in total. The van der Waals surface area contributed by atoms with Crippen molar-refractivity contribution in [3.8, 4) is 0 Å². The second-order valence-electron chi connectivity index (χ2n) is 5.57. The van der Waals surface area contributed by atoms with Crippen LogP contribution >= 0.6 is 0 Å². The van der Waals surface area contributed by atoms with Crippen LogP contribution in [0.15, 0.2) is 18.2 Å². The van der Waals surface area contributed by atoms with Crippen LogP contribution in [0.25, 0.3) is 0 Å². The lowest BCUT2D eigenvalue weighted by Gasteiger charge is -2.35. The summed E-state index contributed by atoms with van der Waals surface area (Å²) in [4.78, 5) is 13.3. The molecule has 1 unspecified atom stereocenters. The summed E-state index contributed by atoms with van der Waals surface area (Å²) in [6, 6.07) is 4.83. The molecule has 1 saturated heterocycles. The van der Waals surface area contributed by atoms with Gasteiger partial charge in [0, 0.05) is 13.1 Å². The Morgan fingerprint density at radius 1 is 1.48 bits per heavy atom. The third-order valence-electron chi connectivity index (χ3n) is 3.91. The van der Waals surface area contributed by atoms with E-state index in [4.69, 9.17) is 5.73 Å². The van der Waals surface area contributed by atoms with Gasteiger partial charge in [-0.1, -0.05) is 13.0 Å². The van der Waals surface area contributed by atoms with Crippen LogP contribution in [0.3, 0.4) is 0 Å². The monoisotopic (exact) mass is 293 g/mol. The van der Waals surface area contributed by atoms with Gasteiger partial charge in [0.2, 0.25) is 5.91 Å². The second kappa shape index (κ2) is 7.41. The maximum absolute atomic E-state index is 14.4. The number of nitrogens with zero attached hydrogens (tertiary/aromatic N) is 1. The van der Waals surface area contributed by atoms with Crippen molar-refractivity contribution in [2.75, 3.05) is 18.0 Å². The molecule has 0 saturated carbocycles. The van der Waals surface area contributed by atoms with Gasteiger partial charge in [-0.15, -0.1) is 0 Å². The molecule has 5 heteroatoms. The number of nitrogens with one attached hydrogen (secondary N) is 1. The number of anilines is 1. The third-order valence-corrected chi connectivity index (χ3v) is 3.91. The predicted molar refractivity (Wildman–Crippen MR) is 82.6 cm³/mol. The Labute approximate surface area is 125 Å². The molecule has 1 aromatic rings. The molecule has 1 aliphatic rings. The van der Waals surface area contributed by atoms with E-state index >= 15 is 0 Å². The average Bonchev–Trinajstić information content (AvgIpc) is 2.48. The first-order chi connectivity index (χ1) is 10.1. The number of hydrogen-bond donors (Lipinski definition) is 2. The number of hydrogen-bond acceptors (Lipinski definition) is 3. The Balaban J connectivity index is 2.13. The lowest BCUT2D eigenvalue weighted by atomic mass is 10.00. The summed E-state index contributed by atoms with van der Waals surface area (Å²) in [6.07, 6.45) is 3.68. The molecule has 1 aromatic carbocycles. The topological polar surface area (TPSA) is 58.4 Å². The number of rotatable bonds is 6. The number of benzene rings is 1. The Hall–Kier alpha value is -1.62. The fourth-order valence-corrected chi connectivity index (χ4v) is 2.82. The van der Waals surface area contributed by atoms with Crippen molar-refractivity contribution < 1.29 is 9.18 Å². The molecule has 1 amide bonds. The molecular formula is C16H24FN3O. The van der Waals surface area contributed by atoms with Crippen molar-refractivity contribution in [1.29, 1.82) is 0 Å². The van der Waals surface area contributed by atoms with E-state index in [-0.39, 0.29) is 11.7 Å². The Morgan fingerprint density at radius 2 is 2.29 bits per heavy atom. The van der Waals surface area contributed by atoms with Crippen LogP contribution in [-0.2, 0) is 11.3 Å². The van der Waals surface area contributed by atoms with Gasteiger partial charge in [0.25, 0.3) is 0 Å². The van der Waals surface area contributed by atoms with Crippen molar-refractivity contribution in [2.24, 2.45) is 5.73 Å². The molecule has 21 heavy (non-hydrogen) atoms. The molecule has 116 valence electrons. The van der Waals surface area contributed by atoms with Crippen LogP contribution in [-0.4, -0.2) is 25.0 Å². The number of halogens is 1. The molecule has 0 aliphatic carbocycles. The Morgan fingerprint density at radius 3 is 2.95 bits per heavy atom. The van der Waals surface area contributed by atoms with Crippen molar-refractivity contribution in [3.63, 3.8) is 0 Å². The van der Waals surface area contributed by atoms with Crippen molar-refractivity contribution in [3.05, 3.63) is 29.6 Å². The van der Waals surface area contributed by atoms with Gasteiger partial charge in [0.1, 0.15) is 11.9 Å². The Bertz CT molecular complexity index is 492. The highest BCUT2D eigenvalue weighted by molar-refractivity contribution is 5.84. The lowest BCUT2D eigenvalue weighted by Crippen LogP contribution is -2.48. The molecule has 0 aromatic heterocycles. The molecule has 1 fully saturated rings. The van der Waals surface area contributed by atoms with Gasteiger partial charge in [-0.05, 0) is 49.9 Å². The minimum absolute atomic E-state index is 0.279. The summed E-state index contributed by atoms with van der Waals surface area (Å²) in [6.45, 7) is 4.35. The van der Waals surface area contributed by atoms with Crippen LogP contribution < -0.4 is 16.0 Å². The standard InChI is InChI=1S/C16H24FN3O/c1-2-8-19-11-12-6-7-14(13(17)10-12)20-9-4-3-5-15(20)16(18)21/h6-7,10,15,19H,2-5,8-9,11H2,1H3,(H2,18,21). The summed E-state index contributed by atoms with van der Waals surface area (Å²) >= 11 is 0. The van der Waals surface area contributed by atoms with Gasteiger partial charge in [-0.25, -0.2) is 4.39 Å². The number of carbonyl (C=O) groups excluding carboxylic acids is 1. The molecule has 3 N–H and O–H groups in total. The van der Waals surface area contributed by atoms with Crippen molar-refractivity contribution in [1.82, 2.24) is 5.32 Å². The quantitative estimate of drug-likeness (QED) is 0.790. The zero-order valence-electron chi connectivity index (χ0n) is 12.6. The third kappa shape index (κ3) is 3.94. The predicted octanol–water partition coefficient (Wildman–Crippen LogP) is 2.17. The summed E-state index contributed by atoms with van der Waals surface area (Å²) in [5.41, 5.74) is 6.84. The summed E-state index contributed by atoms with van der Waals surface area (Å²) in [5.74, 6) is -0.651. The smallest absolute Gasteiger partial charge is 0.240 e. The largest absolute Gasteiger partial charge is 0.368 e. The maximum atomic E-state index is 14.4. The zero-order chi connectivity index (χ0) is 15.2. The van der Waals surface area contributed by atoms with E-state index in [1.54, 1.807) is 12.1 Å². The molecule has 1 aliphatic heterocycles. The highest BCUT2D eigenvalue weighted by atomic mass is 19.1. The normalized spacial score (nSPS) is 18.8. The number of primary amides is 1. The van der Waals surface area contributed by atoms with Gasteiger partial charge in [-0.2, -0.15) is 0 Å². The first kappa shape index (κ1) is 15.8. The fraction of sp³-hybridized carbons (Fsp3) is 0.562. The van der Waals surface area contributed by atoms with E-state index < -0.39 is 6.04 Å². The lowest BCUT2D eigenvalue weighted by molar-refractivity contribution is -0.119. The molecule has 2 rings (SSSR count). The van der Waals surface area contributed by atoms with Gasteiger partial charge in [-0.3, -0.25) is 4.79 Å². The number of nitrogens with two attached hydrogens (primary N) is 1. The Kier molecular flexibility index (Phi) is 5.56. The van der Waals surface area contributed by atoms with Gasteiger partial charge in [0.15, 0.2) is 0 Å². The molecule has 1 heterocycles. The van der Waals surface area contributed by atoms with Crippen molar-refractivity contribution >= 4 is 11.6 Å². The van der Waals surface area contributed by atoms with E-state index in [0.717, 1.165) is 31.4 Å². The zero-order valence-corrected chi connectivity index (χ0v) is 12.6. The van der Waals surface area contributed by atoms with E-state index in [9.17, 15) is 9.18 Å². The SMILES string of the molecule is CCCNCc1ccc(N2CCCCC2C(N)=O)c(F)c1. The molecular weight excluding hydrogens is 269 g/mol. The highest BCUT2D eigenvalue weighted by Gasteiger charge is 2.28. The fourth-order valence-electron chi connectivity index (χ4n) is 2.82. The molecule has 0 spiro atoms. The first-order valence-electron chi connectivity index (χ1n) is 7.68. The highest BCUT2D eigenvalue weighted by Crippen LogP contribution is 2.27. The van der Waals surface area contributed by atoms with Crippen LogP contribution in [0.4, 0.5) is 10.1 Å². The summed E-state index contributed by atoms with van der Waals surface area (Å²) < 4.78 is 14.4. The van der Waals surface area contributed by atoms with E-state index in [1.807, 2.05) is 11.0 Å². The maximum Gasteiger partial charge on any atom is 0.240 e. The van der Waals surface area contributed by atoms with E-state index in [1.165, 1.54) is 0 Å².